The number of benzene rings is 2. The first-order chi connectivity index (χ1) is 14.1. The zero-order chi connectivity index (χ0) is 20.2. The minimum Gasteiger partial charge on any atom is -0.408 e. The number of rotatable bonds is 6. The number of hydrogen-bond acceptors (Lipinski definition) is 4. The maximum absolute atomic E-state index is 12.3. The third kappa shape index (κ3) is 4.97. The van der Waals surface area contributed by atoms with Crippen molar-refractivity contribution in [3.8, 4) is 0 Å². The zero-order valence-corrected chi connectivity index (χ0v) is 17.7. The quantitative estimate of drug-likeness (QED) is 0.614. The highest BCUT2D eigenvalue weighted by atomic mass is 79.9. The second-order valence-corrected chi connectivity index (χ2v) is 8.41. The van der Waals surface area contributed by atoms with Gasteiger partial charge in [-0.2, -0.15) is 0 Å². The number of aromatic nitrogens is 1. The van der Waals surface area contributed by atoms with Crippen molar-refractivity contribution in [2.24, 2.45) is 0 Å². The van der Waals surface area contributed by atoms with Crippen LogP contribution in [0.25, 0.3) is 11.1 Å². The molecule has 1 fully saturated rings. The highest BCUT2D eigenvalue weighted by molar-refractivity contribution is 9.10. The molecule has 1 saturated heterocycles. The number of oxazole rings is 1. The van der Waals surface area contributed by atoms with Crippen molar-refractivity contribution in [1.82, 2.24) is 14.8 Å². The number of nitrogens with one attached hydrogen (secondary N) is 1. The average Bonchev–Trinajstić information content (AvgIpc) is 3.03. The summed E-state index contributed by atoms with van der Waals surface area (Å²) in [7, 11) is 0. The van der Waals surface area contributed by atoms with Gasteiger partial charge in [-0.15, -0.1) is 0 Å². The predicted molar refractivity (Wildman–Crippen MR) is 116 cm³/mol. The van der Waals surface area contributed by atoms with Crippen LogP contribution in [0.5, 0.6) is 0 Å². The van der Waals surface area contributed by atoms with Crippen LogP contribution in [-0.2, 0) is 17.9 Å². The molecule has 0 unspecified atom stereocenters. The van der Waals surface area contributed by atoms with E-state index in [0.29, 0.717) is 18.7 Å². The van der Waals surface area contributed by atoms with Crippen LogP contribution in [-0.4, -0.2) is 34.5 Å². The number of fused-ring (bicyclic) bond motifs is 1. The summed E-state index contributed by atoms with van der Waals surface area (Å²) in [6.45, 7) is 2.17. The van der Waals surface area contributed by atoms with Gasteiger partial charge in [-0.25, -0.2) is 4.79 Å². The Kier molecular flexibility index (Phi) is 6.16. The van der Waals surface area contributed by atoms with Crippen molar-refractivity contribution in [3.63, 3.8) is 0 Å². The maximum atomic E-state index is 12.3. The first kappa shape index (κ1) is 19.9. The minimum absolute atomic E-state index is 0.106. The lowest BCUT2D eigenvalue weighted by Crippen LogP contribution is -2.45. The lowest BCUT2D eigenvalue weighted by molar-refractivity contribution is -0.122. The zero-order valence-electron chi connectivity index (χ0n) is 16.1. The van der Waals surface area contributed by atoms with Crippen molar-refractivity contribution in [3.05, 3.63) is 69.1 Å². The van der Waals surface area contributed by atoms with Crippen LogP contribution in [0.3, 0.4) is 0 Å². The highest BCUT2D eigenvalue weighted by Crippen LogP contribution is 2.20. The lowest BCUT2D eigenvalue weighted by Gasteiger charge is -2.32. The van der Waals surface area contributed by atoms with Crippen LogP contribution >= 0.6 is 15.9 Å². The molecule has 3 aromatic rings. The fraction of sp³-hybridized carbons (Fsp3) is 0.364. The molecule has 2 heterocycles. The van der Waals surface area contributed by atoms with Gasteiger partial charge in [-0.3, -0.25) is 14.3 Å². The number of aryl methyl sites for hydroxylation is 1. The van der Waals surface area contributed by atoms with Crippen molar-refractivity contribution in [2.75, 3.05) is 13.1 Å². The van der Waals surface area contributed by atoms with Gasteiger partial charge >= 0.3 is 5.76 Å². The normalized spacial score (nSPS) is 15.6. The molecule has 0 saturated carbocycles. The van der Waals surface area contributed by atoms with E-state index < -0.39 is 0 Å². The molecule has 0 spiro atoms. The Hall–Kier alpha value is -2.38. The fourth-order valence-electron chi connectivity index (χ4n) is 3.80. The van der Waals surface area contributed by atoms with Crippen molar-refractivity contribution >= 4 is 32.9 Å². The third-order valence-electron chi connectivity index (χ3n) is 5.41. The molecule has 4 rings (SSSR count). The number of likely N-dealkylation sites (tertiary alicyclic amines) is 1. The Morgan fingerprint density at radius 3 is 2.66 bits per heavy atom. The van der Waals surface area contributed by atoms with Gasteiger partial charge in [0.25, 0.3) is 0 Å². The molecule has 2 aromatic carbocycles. The summed E-state index contributed by atoms with van der Waals surface area (Å²) in [5, 5.41) is 3.16. The molecular formula is C22H24BrN3O3. The van der Waals surface area contributed by atoms with E-state index in [4.69, 9.17) is 4.42 Å². The molecular weight excluding hydrogens is 434 g/mol. The second kappa shape index (κ2) is 8.97. The summed E-state index contributed by atoms with van der Waals surface area (Å²) >= 11 is 3.40. The number of carbonyl (C=O) groups excluding carboxylic acids is 1. The summed E-state index contributed by atoms with van der Waals surface area (Å²) in [4.78, 5) is 26.7. The molecule has 29 heavy (non-hydrogen) atoms. The average molecular weight is 458 g/mol. The number of nitrogens with zero attached hydrogens (tertiary/aromatic N) is 2. The van der Waals surface area contributed by atoms with E-state index in [2.05, 4.69) is 26.1 Å². The Morgan fingerprint density at radius 1 is 1.14 bits per heavy atom. The minimum atomic E-state index is -0.338. The van der Waals surface area contributed by atoms with E-state index in [1.54, 1.807) is 4.57 Å². The van der Waals surface area contributed by atoms with Gasteiger partial charge in [-0.1, -0.05) is 46.3 Å². The second-order valence-electron chi connectivity index (χ2n) is 7.49. The first-order valence-corrected chi connectivity index (χ1v) is 10.7. The summed E-state index contributed by atoms with van der Waals surface area (Å²) in [5.74, 6) is -0.232. The smallest absolute Gasteiger partial charge is 0.408 e. The first-order valence-electron chi connectivity index (χ1n) is 9.93. The van der Waals surface area contributed by atoms with E-state index in [-0.39, 0.29) is 17.7 Å². The fourth-order valence-corrected chi connectivity index (χ4v) is 4.14. The molecule has 1 amide bonds. The van der Waals surface area contributed by atoms with Gasteiger partial charge in [0.05, 0.1) is 12.2 Å². The Morgan fingerprint density at radius 2 is 1.90 bits per heavy atom. The van der Waals surface area contributed by atoms with Crippen molar-refractivity contribution < 1.29 is 9.21 Å². The molecule has 1 aliphatic heterocycles. The molecule has 0 atom stereocenters. The number of piperidine rings is 1. The predicted octanol–water partition coefficient (Wildman–Crippen LogP) is 3.53. The number of carbonyl (C=O) groups is 1. The number of amides is 1. The van der Waals surface area contributed by atoms with E-state index in [9.17, 15) is 9.59 Å². The van der Waals surface area contributed by atoms with E-state index in [0.717, 1.165) is 42.3 Å². The van der Waals surface area contributed by atoms with E-state index in [1.807, 2.05) is 48.5 Å². The molecule has 0 aliphatic carbocycles. The summed E-state index contributed by atoms with van der Waals surface area (Å²) in [6, 6.07) is 15.9. The van der Waals surface area contributed by atoms with Crippen LogP contribution in [0.2, 0.25) is 0 Å². The Bertz CT molecular complexity index is 1040. The van der Waals surface area contributed by atoms with Crippen LogP contribution in [0, 0.1) is 0 Å². The summed E-state index contributed by atoms with van der Waals surface area (Å²) in [6.07, 6.45) is 3.04. The van der Waals surface area contributed by atoms with Crippen molar-refractivity contribution in [2.45, 2.75) is 38.4 Å². The maximum Gasteiger partial charge on any atom is 0.421 e. The van der Waals surface area contributed by atoms with E-state index >= 15 is 0 Å². The monoisotopic (exact) mass is 457 g/mol. The number of halogens is 1. The van der Waals surface area contributed by atoms with Crippen LogP contribution < -0.4 is 11.1 Å². The van der Waals surface area contributed by atoms with Gasteiger partial charge in [0.15, 0.2) is 5.58 Å². The standard InChI is InChI=1S/C22H24BrN3O3/c23-17-7-8-19-20(14-17)29-22(28)26(19)15-25-12-10-18(11-13-25)24-21(27)9-6-16-4-2-1-3-5-16/h1-5,7-8,14,18H,6,9-13,15H2,(H,24,27). The van der Waals surface area contributed by atoms with Crippen LogP contribution in [0.1, 0.15) is 24.8 Å². The molecule has 1 aliphatic rings. The third-order valence-corrected chi connectivity index (χ3v) is 5.90. The van der Waals surface area contributed by atoms with Gasteiger partial charge in [0, 0.05) is 30.0 Å². The van der Waals surface area contributed by atoms with Gasteiger partial charge in [0.2, 0.25) is 5.91 Å². The summed E-state index contributed by atoms with van der Waals surface area (Å²) < 4.78 is 7.90. The Balaban J connectivity index is 1.27. The van der Waals surface area contributed by atoms with Crippen molar-refractivity contribution in [1.29, 1.82) is 0 Å². The molecule has 0 bridgehead atoms. The van der Waals surface area contributed by atoms with Crippen LogP contribution in [0.4, 0.5) is 0 Å². The molecule has 1 N–H and O–H groups in total. The molecule has 6 nitrogen and oxygen atoms in total. The SMILES string of the molecule is O=C(CCc1ccccc1)NC1CCN(Cn2c(=O)oc3cc(Br)ccc32)CC1. The van der Waals surface area contributed by atoms with E-state index in [1.165, 1.54) is 5.56 Å². The lowest BCUT2D eigenvalue weighted by atomic mass is 10.0. The molecule has 7 heteroatoms. The van der Waals surface area contributed by atoms with Gasteiger partial charge in [-0.05, 0) is 43.0 Å². The topological polar surface area (TPSA) is 67.5 Å². The van der Waals surface area contributed by atoms with Gasteiger partial charge in [0.1, 0.15) is 0 Å². The number of hydrogen-bond donors (Lipinski definition) is 1. The Labute approximate surface area is 177 Å². The largest absolute Gasteiger partial charge is 0.421 e. The molecule has 1 aromatic heterocycles. The highest BCUT2D eigenvalue weighted by Gasteiger charge is 2.22. The summed E-state index contributed by atoms with van der Waals surface area (Å²) in [5.41, 5.74) is 2.57. The molecule has 152 valence electrons. The van der Waals surface area contributed by atoms with Gasteiger partial charge < -0.3 is 9.73 Å². The molecule has 0 radical (unpaired) electrons. The van der Waals surface area contributed by atoms with Crippen LogP contribution in [0.15, 0.2) is 62.2 Å².